The third kappa shape index (κ3) is 13.7. The van der Waals surface area contributed by atoms with Crippen LogP contribution in [0.2, 0.25) is 0 Å². The fraction of sp³-hybridized carbons (Fsp3) is 0.400. The van der Waals surface area contributed by atoms with Crippen LogP contribution in [0.5, 0.6) is 0 Å². The summed E-state index contributed by atoms with van der Waals surface area (Å²) in [6.07, 6.45) is 7.65. The third-order valence-electron chi connectivity index (χ3n) is 11.2. The molecular formula is C45H57N11O9S. The number of carbonyl (C=O) groups excluding carboxylic acids is 7. The molecular weight excluding hydrogens is 871 g/mol. The van der Waals surface area contributed by atoms with Gasteiger partial charge in [-0.2, -0.15) is 11.8 Å². The first-order chi connectivity index (χ1) is 31.6. The highest BCUT2D eigenvalue weighted by Gasteiger charge is 2.35. The summed E-state index contributed by atoms with van der Waals surface area (Å²) in [5.74, 6) is -6.98. The number of aromatic amines is 3. The average Bonchev–Trinajstić information content (AvgIpc) is 4.06. The number of benzene rings is 2. The molecule has 21 heteroatoms. The minimum atomic E-state index is -1.74. The number of fused-ring (bicyclic) bond motifs is 2. The van der Waals surface area contributed by atoms with E-state index in [1.165, 1.54) is 25.0 Å². The van der Waals surface area contributed by atoms with Crippen molar-refractivity contribution in [2.24, 2.45) is 11.7 Å². The lowest BCUT2D eigenvalue weighted by atomic mass is 9.97. The van der Waals surface area contributed by atoms with Crippen LogP contribution in [0.1, 0.15) is 56.9 Å². The zero-order valence-electron chi connectivity index (χ0n) is 37.1. The van der Waals surface area contributed by atoms with E-state index in [1.54, 1.807) is 37.8 Å². The summed E-state index contributed by atoms with van der Waals surface area (Å²) in [5.41, 5.74) is 9.16. The number of imidazole rings is 1. The van der Waals surface area contributed by atoms with Crippen LogP contribution in [-0.4, -0.2) is 121 Å². The molecule has 0 saturated carbocycles. The molecule has 3 aromatic heterocycles. The van der Waals surface area contributed by atoms with Crippen LogP contribution in [0, 0.1) is 5.92 Å². The first-order valence-corrected chi connectivity index (χ1v) is 22.8. The number of rotatable bonds is 25. The molecule has 7 amide bonds. The lowest BCUT2D eigenvalue weighted by Gasteiger charge is -2.29. The molecule has 0 saturated heterocycles. The highest BCUT2D eigenvalue weighted by Crippen LogP contribution is 2.21. The van der Waals surface area contributed by atoms with E-state index in [9.17, 15) is 43.5 Å². The third-order valence-corrected chi connectivity index (χ3v) is 11.8. The summed E-state index contributed by atoms with van der Waals surface area (Å²) in [4.78, 5) is 120. The standard InChI is InChI=1S/C45H57N11O9S/c1-5-24(2)39(56-44(64)36(51-25(3)57)18-28-22-47-23-50-28)45(65)52-33(14-15-66-4)41(61)55-37(19-38(58)59)43(63)54-35(17-27-21-49-32-13-9-7-11-30(27)32)42(62)53-34(40(46)60)16-26-20-48-31-12-8-6-10-29(26)31/h6-13,20-24,33-37,39,48-49H,5,14-19H2,1-4H3,(H2,46,60)(H,47,50)(H,51,57)(H,52,65)(H,53,62)(H,54,63)(H,55,61)(H,56,64)(H,58,59)/t24-,33-,34-,35-,36-,37-,39-/m0/s1. The number of nitrogens with one attached hydrogen (secondary N) is 9. The number of nitrogens with zero attached hydrogens (tertiary/aromatic N) is 1. The van der Waals surface area contributed by atoms with Crippen molar-refractivity contribution in [2.45, 2.75) is 95.5 Å². The molecule has 7 atom stereocenters. The van der Waals surface area contributed by atoms with Crippen molar-refractivity contribution in [3.63, 3.8) is 0 Å². The predicted octanol–water partition coefficient (Wildman–Crippen LogP) is 1.09. The zero-order chi connectivity index (χ0) is 47.9. The van der Waals surface area contributed by atoms with Crippen LogP contribution < -0.4 is 37.6 Å². The van der Waals surface area contributed by atoms with Gasteiger partial charge in [-0.05, 0) is 47.6 Å². The molecule has 12 N–H and O–H groups in total. The van der Waals surface area contributed by atoms with Crippen molar-refractivity contribution in [1.82, 2.24) is 51.8 Å². The van der Waals surface area contributed by atoms with Crippen molar-refractivity contribution in [1.29, 1.82) is 0 Å². The Bertz CT molecular complexity index is 2510. The van der Waals surface area contributed by atoms with Gasteiger partial charge in [-0.25, -0.2) is 4.98 Å². The fourth-order valence-corrected chi connectivity index (χ4v) is 7.93. The molecule has 0 aliphatic heterocycles. The number of amides is 7. The number of primary amides is 1. The van der Waals surface area contributed by atoms with E-state index in [4.69, 9.17) is 5.73 Å². The first-order valence-electron chi connectivity index (χ1n) is 21.4. The molecule has 5 rings (SSSR count). The number of nitrogens with two attached hydrogens (primary N) is 1. The van der Waals surface area contributed by atoms with Crippen LogP contribution in [0.15, 0.2) is 73.4 Å². The first kappa shape index (κ1) is 49.8. The second-order valence-electron chi connectivity index (χ2n) is 16.0. The number of aliphatic carboxylic acids is 1. The van der Waals surface area contributed by atoms with Gasteiger partial charge in [0.2, 0.25) is 41.4 Å². The Kier molecular flexibility index (Phi) is 17.9. The number of carbonyl (C=O) groups is 8. The van der Waals surface area contributed by atoms with Gasteiger partial charge < -0.3 is 57.7 Å². The number of carboxylic acid groups (broad SMARTS) is 1. The smallest absolute Gasteiger partial charge is 0.305 e. The predicted molar refractivity (Wildman–Crippen MR) is 247 cm³/mol. The molecule has 0 aliphatic carbocycles. The van der Waals surface area contributed by atoms with Crippen LogP contribution >= 0.6 is 11.8 Å². The summed E-state index contributed by atoms with van der Waals surface area (Å²) in [7, 11) is 0. The van der Waals surface area contributed by atoms with Crippen LogP contribution in [-0.2, 0) is 57.6 Å². The van der Waals surface area contributed by atoms with Crippen LogP contribution in [0.4, 0.5) is 0 Å². The van der Waals surface area contributed by atoms with Gasteiger partial charge in [0.05, 0.1) is 18.4 Å². The van der Waals surface area contributed by atoms with Gasteiger partial charge in [0, 0.05) is 66.6 Å². The Labute approximate surface area is 384 Å². The maximum atomic E-state index is 14.2. The van der Waals surface area contributed by atoms with Gasteiger partial charge in [0.25, 0.3) is 0 Å². The maximum absolute atomic E-state index is 14.2. The van der Waals surface area contributed by atoms with E-state index in [2.05, 4.69) is 51.8 Å². The van der Waals surface area contributed by atoms with Gasteiger partial charge in [-0.15, -0.1) is 0 Å². The number of carboxylic acids is 1. The van der Waals surface area contributed by atoms with Gasteiger partial charge >= 0.3 is 5.97 Å². The number of aromatic nitrogens is 4. The topological polar surface area (TPSA) is 315 Å². The molecule has 0 radical (unpaired) electrons. The molecule has 0 fully saturated rings. The van der Waals surface area contributed by atoms with Gasteiger partial charge in [-0.1, -0.05) is 56.7 Å². The van der Waals surface area contributed by atoms with Crippen molar-refractivity contribution in [3.8, 4) is 0 Å². The number of thioether (sulfide) groups is 1. The van der Waals surface area contributed by atoms with E-state index in [0.717, 1.165) is 21.8 Å². The van der Waals surface area contributed by atoms with Crippen LogP contribution in [0.25, 0.3) is 21.8 Å². The van der Waals surface area contributed by atoms with Gasteiger partial charge in [0.15, 0.2) is 0 Å². The molecule has 2 aromatic carbocycles. The summed E-state index contributed by atoms with van der Waals surface area (Å²) in [6.45, 7) is 4.79. The molecule has 66 heavy (non-hydrogen) atoms. The summed E-state index contributed by atoms with van der Waals surface area (Å²) in [6, 6.07) is 6.71. The zero-order valence-corrected chi connectivity index (χ0v) is 37.9. The Morgan fingerprint density at radius 3 is 1.74 bits per heavy atom. The molecule has 0 bridgehead atoms. The highest BCUT2D eigenvalue weighted by molar-refractivity contribution is 7.98. The summed E-state index contributed by atoms with van der Waals surface area (Å²) in [5, 5.41) is 27.2. The highest BCUT2D eigenvalue weighted by atomic mass is 32.2. The Morgan fingerprint density at radius 2 is 1.20 bits per heavy atom. The molecule has 0 unspecified atom stereocenters. The number of para-hydroxylation sites is 2. The van der Waals surface area contributed by atoms with E-state index in [0.29, 0.717) is 29.0 Å². The average molecular weight is 928 g/mol. The molecule has 3 heterocycles. The van der Waals surface area contributed by atoms with Crippen LogP contribution in [0.3, 0.4) is 0 Å². The Morgan fingerprint density at radius 1 is 0.682 bits per heavy atom. The molecule has 20 nitrogen and oxygen atoms in total. The normalized spacial score (nSPS) is 14.4. The van der Waals surface area contributed by atoms with E-state index >= 15 is 0 Å². The SMILES string of the molecule is CC[C@H](C)[C@H](NC(=O)[C@H](Cc1c[nH]cn1)NC(C)=O)C(=O)N[C@@H](CCSC)C(=O)N[C@@H](CC(=O)O)C(=O)N[C@@H](Cc1c[nH]c2ccccc12)C(=O)N[C@@H](Cc1c[nH]c2ccccc12)C(N)=O. The second kappa shape index (κ2) is 23.7. The molecule has 5 aromatic rings. The second-order valence-corrected chi connectivity index (χ2v) is 17.0. The maximum Gasteiger partial charge on any atom is 0.305 e. The Balaban J connectivity index is 1.36. The van der Waals surface area contributed by atoms with E-state index < -0.39 is 95.9 Å². The minimum Gasteiger partial charge on any atom is -0.481 e. The monoisotopic (exact) mass is 927 g/mol. The van der Waals surface area contributed by atoms with Gasteiger partial charge in [0.1, 0.15) is 36.3 Å². The van der Waals surface area contributed by atoms with Crippen molar-refractivity contribution < 1.29 is 43.5 Å². The van der Waals surface area contributed by atoms with Gasteiger partial charge in [-0.3, -0.25) is 38.4 Å². The number of hydrogen-bond acceptors (Lipinski definition) is 10. The van der Waals surface area contributed by atoms with E-state index in [-0.39, 0.29) is 25.7 Å². The largest absolute Gasteiger partial charge is 0.481 e. The lowest BCUT2D eigenvalue weighted by Crippen LogP contribution is -2.61. The van der Waals surface area contributed by atoms with Crippen molar-refractivity contribution in [2.75, 3.05) is 12.0 Å². The molecule has 352 valence electrons. The summed E-state index contributed by atoms with van der Waals surface area (Å²) < 4.78 is 0. The Hall–Kier alpha value is -7.16. The minimum absolute atomic E-state index is 0.0161. The van der Waals surface area contributed by atoms with E-state index in [1.807, 2.05) is 49.4 Å². The molecule has 0 spiro atoms. The van der Waals surface area contributed by atoms with Crippen molar-refractivity contribution >= 4 is 80.9 Å². The lowest BCUT2D eigenvalue weighted by molar-refractivity contribution is -0.141. The van der Waals surface area contributed by atoms with Crippen molar-refractivity contribution in [3.05, 3.63) is 90.3 Å². The fourth-order valence-electron chi connectivity index (χ4n) is 7.46. The molecule has 0 aliphatic rings. The quantitative estimate of drug-likeness (QED) is 0.0394. The summed E-state index contributed by atoms with van der Waals surface area (Å²) >= 11 is 1.37. The number of H-pyrrole nitrogens is 3. The number of hydrogen-bond donors (Lipinski definition) is 11.